The molecular weight excluding hydrogens is 251 g/mol. The Kier molecular flexibility index (Phi) is 2.71. The summed E-state index contributed by atoms with van der Waals surface area (Å²) in [4.78, 5) is 0. The lowest BCUT2D eigenvalue weighted by atomic mass is 10.2. The van der Waals surface area contributed by atoms with Crippen LogP contribution in [0.1, 0.15) is 0 Å². The molecule has 2 aromatic heterocycles. The highest BCUT2D eigenvalue weighted by molar-refractivity contribution is 7.98. The van der Waals surface area contributed by atoms with Crippen LogP contribution in [0.4, 0.5) is 4.39 Å². The van der Waals surface area contributed by atoms with Gasteiger partial charge in [0.05, 0.1) is 0 Å². The van der Waals surface area contributed by atoms with Gasteiger partial charge in [0.2, 0.25) is 0 Å². The molecule has 0 fully saturated rings. The third-order valence-electron chi connectivity index (χ3n) is 2.55. The maximum Gasteiger partial charge on any atom is 0.185 e. The topological polar surface area (TPSA) is 43.1 Å². The zero-order chi connectivity index (χ0) is 12.5. The highest BCUT2D eigenvalue weighted by Gasteiger charge is 2.09. The van der Waals surface area contributed by atoms with Crippen molar-refractivity contribution in [3.8, 4) is 11.4 Å². The molecule has 3 rings (SSSR count). The van der Waals surface area contributed by atoms with Crippen LogP contribution in [0.15, 0.2) is 41.4 Å². The van der Waals surface area contributed by atoms with Gasteiger partial charge in [-0.25, -0.2) is 4.39 Å². The van der Waals surface area contributed by atoms with Crippen molar-refractivity contribution in [2.24, 2.45) is 0 Å². The number of hydrogen-bond acceptors (Lipinski definition) is 4. The summed E-state index contributed by atoms with van der Waals surface area (Å²) in [5.74, 6) is 0.339. The predicted octanol–water partition coefficient (Wildman–Crippen LogP) is 2.65. The summed E-state index contributed by atoms with van der Waals surface area (Å²) in [7, 11) is 0. The number of aromatic nitrogens is 4. The predicted molar refractivity (Wildman–Crippen MR) is 68.0 cm³/mol. The molecule has 0 unspecified atom stereocenters. The fraction of sp³-hybridized carbons (Fsp3) is 0.0833. The third-order valence-corrected chi connectivity index (χ3v) is 3.19. The van der Waals surface area contributed by atoms with Crippen LogP contribution in [0.2, 0.25) is 0 Å². The lowest BCUT2D eigenvalue weighted by Crippen LogP contribution is -1.96. The Morgan fingerprint density at radius 3 is 2.56 bits per heavy atom. The lowest BCUT2D eigenvalue weighted by molar-refractivity contribution is 0.628. The molecule has 1 aromatic carbocycles. The van der Waals surface area contributed by atoms with Crippen molar-refractivity contribution >= 4 is 17.4 Å². The molecule has 2 heterocycles. The van der Waals surface area contributed by atoms with Gasteiger partial charge < -0.3 is 0 Å². The van der Waals surface area contributed by atoms with Gasteiger partial charge in [0.15, 0.2) is 11.5 Å². The van der Waals surface area contributed by atoms with Crippen molar-refractivity contribution in [1.82, 2.24) is 19.8 Å². The minimum absolute atomic E-state index is 0.273. The number of rotatable bonds is 2. The summed E-state index contributed by atoms with van der Waals surface area (Å²) in [5, 5.41) is 13.4. The first-order valence-electron chi connectivity index (χ1n) is 5.30. The average Bonchev–Trinajstić information content (AvgIpc) is 2.82. The molecule has 0 spiro atoms. The summed E-state index contributed by atoms with van der Waals surface area (Å²) in [6, 6.07) is 9.88. The lowest BCUT2D eigenvalue weighted by Gasteiger charge is -2.00. The van der Waals surface area contributed by atoms with Crippen LogP contribution < -0.4 is 0 Å². The number of benzene rings is 1. The minimum Gasteiger partial charge on any atom is -0.207 e. The van der Waals surface area contributed by atoms with Gasteiger partial charge in [0, 0.05) is 5.56 Å². The van der Waals surface area contributed by atoms with E-state index in [2.05, 4.69) is 15.3 Å². The first-order chi connectivity index (χ1) is 8.78. The van der Waals surface area contributed by atoms with Crippen LogP contribution in [0, 0.1) is 5.82 Å². The number of halogens is 1. The highest BCUT2D eigenvalue weighted by Crippen LogP contribution is 2.19. The summed E-state index contributed by atoms with van der Waals surface area (Å²) in [5.41, 5.74) is 1.46. The van der Waals surface area contributed by atoms with Crippen LogP contribution >= 0.6 is 11.8 Å². The van der Waals surface area contributed by atoms with E-state index in [1.54, 1.807) is 28.4 Å². The largest absolute Gasteiger partial charge is 0.207 e. The van der Waals surface area contributed by atoms with E-state index in [0.717, 1.165) is 10.6 Å². The SMILES string of the molecule is CSc1ccc2nnc(-c3ccc(F)cc3)n2n1. The van der Waals surface area contributed by atoms with Crippen molar-refractivity contribution in [1.29, 1.82) is 0 Å². The Morgan fingerprint density at radius 1 is 1.06 bits per heavy atom. The minimum atomic E-state index is -0.273. The molecule has 0 aliphatic carbocycles. The molecule has 0 N–H and O–H groups in total. The van der Waals surface area contributed by atoms with E-state index < -0.39 is 0 Å². The van der Waals surface area contributed by atoms with E-state index in [1.165, 1.54) is 12.1 Å². The van der Waals surface area contributed by atoms with E-state index in [9.17, 15) is 4.39 Å². The van der Waals surface area contributed by atoms with E-state index in [0.29, 0.717) is 11.5 Å². The normalized spacial score (nSPS) is 11.0. The van der Waals surface area contributed by atoms with Crippen LogP contribution in [0.3, 0.4) is 0 Å². The summed E-state index contributed by atoms with van der Waals surface area (Å²) < 4.78 is 14.6. The average molecular weight is 260 g/mol. The molecule has 6 heteroatoms. The molecule has 3 aromatic rings. The van der Waals surface area contributed by atoms with E-state index >= 15 is 0 Å². The number of nitrogens with zero attached hydrogens (tertiary/aromatic N) is 4. The zero-order valence-electron chi connectivity index (χ0n) is 9.54. The quantitative estimate of drug-likeness (QED) is 0.664. The second kappa shape index (κ2) is 4.38. The Labute approximate surface area is 107 Å². The first kappa shape index (κ1) is 11.2. The molecule has 0 bridgehead atoms. The number of fused-ring (bicyclic) bond motifs is 1. The first-order valence-corrected chi connectivity index (χ1v) is 6.53. The van der Waals surface area contributed by atoms with Gasteiger partial charge in [0.25, 0.3) is 0 Å². The van der Waals surface area contributed by atoms with Crippen LogP contribution in [-0.2, 0) is 0 Å². The van der Waals surface area contributed by atoms with Crippen molar-refractivity contribution in [2.75, 3.05) is 6.26 Å². The Hall–Kier alpha value is -1.95. The second-order valence-electron chi connectivity index (χ2n) is 3.68. The van der Waals surface area contributed by atoms with Crippen molar-refractivity contribution < 1.29 is 4.39 Å². The van der Waals surface area contributed by atoms with E-state index in [1.807, 2.05) is 18.4 Å². The Morgan fingerprint density at radius 2 is 1.83 bits per heavy atom. The van der Waals surface area contributed by atoms with Gasteiger partial charge in [-0.15, -0.1) is 22.0 Å². The van der Waals surface area contributed by atoms with E-state index in [4.69, 9.17) is 0 Å². The fourth-order valence-corrected chi connectivity index (χ4v) is 2.03. The molecule has 0 radical (unpaired) electrons. The summed E-state index contributed by atoms with van der Waals surface area (Å²) in [6.45, 7) is 0. The molecule has 0 saturated carbocycles. The van der Waals surface area contributed by atoms with Gasteiger partial charge in [-0.2, -0.15) is 9.61 Å². The van der Waals surface area contributed by atoms with Crippen LogP contribution in [0.5, 0.6) is 0 Å². The smallest absolute Gasteiger partial charge is 0.185 e. The summed E-state index contributed by atoms with van der Waals surface area (Å²) in [6.07, 6.45) is 1.95. The monoisotopic (exact) mass is 260 g/mol. The standard InChI is InChI=1S/C12H9FN4S/c1-18-11-7-6-10-14-15-12(17(10)16-11)8-2-4-9(13)5-3-8/h2-7H,1H3. The van der Waals surface area contributed by atoms with Gasteiger partial charge in [-0.05, 0) is 42.7 Å². The molecule has 0 aliphatic heterocycles. The van der Waals surface area contributed by atoms with Gasteiger partial charge in [0.1, 0.15) is 10.8 Å². The fourth-order valence-electron chi connectivity index (χ4n) is 1.66. The summed E-state index contributed by atoms with van der Waals surface area (Å²) >= 11 is 1.55. The molecule has 0 saturated heterocycles. The molecule has 0 aliphatic rings. The van der Waals surface area contributed by atoms with E-state index in [-0.39, 0.29) is 5.82 Å². The molecule has 4 nitrogen and oxygen atoms in total. The molecule has 18 heavy (non-hydrogen) atoms. The maximum absolute atomic E-state index is 12.9. The number of thioether (sulfide) groups is 1. The van der Waals surface area contributed by atoms with Crippen molar-refractivity contribution in [2.45, 2.75) is 5.03 Å². The molecule has 0 amide bonds. The van der Waals surface area contributed by atoms with Crippen LogP contribution in [-0.4, -0.2) is 26.1 Å². The Bertz CT molecular complexity index is 693. The second-order valence-corrected chi connectivity index (χ2v) is 4.50. The van der Waals surface area contributed by atoms with Gasteiger partial charge in [-0.1, -0.05) is 0 Å². The zero-order valence-corrected chi connectivity index (χ0v) is 10.4. The molecule has 0 atom stereocenters. The number of hydrogen-bond donors (Lipinski definition) is 0. The Balaban J connectivity index is 2.19. The molecule has 90 valence electrons. The van der Waals surface area contributed by atoms with Crippen molar-refractivity contribution in [3.63, 3.8) is 0 Å². The highest BCUT2D eigenvalue weighted by atomic mass is 32.2. The van der Waals surface area contributed by atoms with Crippen molar-refractivity contribution in [3.05, 3.63) is 42.2 Å². The maximum atomic E-state index is 12.9. The molecular formula is C12H9FN4S. The van der Waals surface area contributed by atoms with Gasteiger partial charge >= 0.3 is 0 Å². The van der Waals surface area contributed by atoms with Gasteiger partial charge in [-0.3, -0.25) is 0 Å². The third kappa shape index (κ3) is 1.84. The van der Waals surface area contributed by atoms with Crippen LogP contribution in [0.25, 0.3) is 17.0 Å².